The molecule has 118 valence electrons. The number of hydrogen-bond donors (Lipinski definition) is 1. The first kappa shape index (κ1) is 17.4. The van der Waals surface area contributed by atoms with E-state index in [1.807, 2.05) is 0 Å². The van der Waals surface area contributed by atoms with Crippen LogP contribution in [0.3, 0.4) is 0 Å². The Hall–Kier alpha value is -0.650. The van der Waals surface area contributed by atoms with E-state index in [0.29, 0.717) is 6.42 Å². The van der Waals surface area contributed by atoms with Gasteiger partial charge in [0.2, 0.25) is 5.79 Å². The van der Waals surface area contributed by atoms with Crippen LogP contribution in [0, 0.1) is 5.92 Å². The lowest BCUT2D eigenvalue weighted by molar-refractivity contribution is -0.493. The van der Waals surface area contributed by atoms with Crippen molar-refractivity contribution in [1.82, 2.24) is 0 Å². The quantitative estimate of drug-likeness (QED) is 0.576. The van der Waals surface area contributed by atoms with Gasteiger partial charge in [-0.3, -0.25) is 4.79 Å². The Morgan fingerprint density at radius 1 is 1.25 bits per heavy atom. The average Bonchev–Trinajstić information content (AvgIpc) is 2.44. The second kappa shape index (κ2) is 7.38. The Bertz CT molecular complexity index is 305. The lowest BCUT2D eigenvalue weighted by atomic mass is 9.79. The maximum Gasteiger partial charge on any atom is 0.314 e. The third kappa shape index (κ3) is 4.17. The van der Waals surface area contributed by atoms with Gasteiger partial charge in [0.15, 0.2) is 0 Å². The van der Waals surface area contributed by atoms with Gasteiger partial charge in [0.05, 0.1) is 7.11 Å². The lowest BCUT2D eigenvalue weighted by Crippen LogP contribution is -2.54. The molecule has 0 spiro atoms. The molecule has 1 heterocycles. The summed E-state index contributed by atoms with van der Waals surface area (Å²) in [6.45, 7) is 5.68. The monoisotopic (exact) mass is 288 g/mol. The van der Waals surface area contributed by atoms with Crippen LogP contribution in [0.4, 0.5) is 0 Å². The maximum absolute atomic E-state index is 11.9. The van der Waals surface area contributed by atoms with Crippen molar-refractivity contribution < 1.29 is 24.4 Å². The van der Waals surface area contributed by atoms with Gasteiger partial charge < -0.3 is 9.84 Å². The average molecular weight is 288 g/mol. The highest BCUT2D eigenvalue weighted by atomic mass is 17.2. The number of carbonyl (C=O) groups is 1. The van der Waals surface area contributed by atoms with Gasteiger partial charge in [0, 0.05) is 0 Å². The van der Waals surface area contributed by atoms with E-state index in [4.69, 9.17) is 14.5 Å². The molecule has 1 fully saturated rings. The van der Waals surface area contributed by atoms with Crippen LogP contribution in [0.25, 0.3) is 0 Å². The fourth-order valence-electron chi connectivity index (χ4n) is 2.68. The summed E-state index contributed by atoms with van der Waals surface area (Å²) in [7, 11) is 1.33. The molecule has 0 radical (unpaired) electrons. The third-order valence-corrected chi connectivity index (χ3v) is 4.07. The van der Waals surface area contributed by atoms with Gasteiger partial charge in [-0.25, -0.2) is 9.78 Å². The van der Waals surface area contributed by atoms with E-state index in [2.05, 4.69) is 13.8 Å². The number of esters is 1. The van der Waals surface area contributed by atoms with E-state index in [-0.39, 0.29) is 0 Å². The molecule has 1 saturated heterocycles. The van der Waals surface area contributed by atoms with Gasteiger partial charge in [-0.15, -0.1) is 0 Å². The summed E-state index contributed by atoms with van der Waals surface area (Å²) < 4.78 is 4.79. The zero-order chi connectivity index (χ0) is 15.2. The van der Waals surface area contributed by atoms with Crippen molar-refractivity contribution in [2.75, 3.05) is 7.11 Å². The molecule has 0 aromatic carbocycles. The van der Waals surface area contributed by atoms with Crippen LogP contribution in [-0.4, -0.2) is 29.6 Å². The zero-order valence-corrected chi connectivity index (χ0v) is 13.1. The first-order valence-electron chi connectivity index (χ1n) is 7.58. The van der Waals surface area contributed by atoms with Crippen molar-refractivity contribution in [3.05, 3.63) is 0 Å². The van der Waals surface area contributed by atoms with Gasteiger partial charge in [0.1, 0.15) is 11.5 Å². The molecular formula is C15H28O5. The minimum Gasteiger partial charge on any atom is -0.469 e. The number of ether oxygens (including phenoxy) is 1. The van der Waals surface area contributed by atoms with E-state index in [0.717, 1.165) is 38.5 Å². The van der Waals surface area contributed by atoms with E-state index in [9.17, 15) is 9.90 Å². The van der Waals surface area contributed by atoms with Gasteiger partial charge in [-0.1, -0.05) is 39.5 Å². The highest BCUT2D eigenvalue weighted by molar-refractivity contribution is 5.73. The molecule has 5 heteroatoms. The first-order chi connectivity index (χ1) is 9.40. The Morgan fingerprint density at radius 3 is 2.25 bits per heavy atom. The largest absolute Gasteiger partial charge is 0.469 e. The number of rotatable bonds is 7. The molecule has 0 unspecified atom stereocenters. The maximum atomic E-state index is 11.9. The molecule has 2 atom stereocenters. The topological polar surface area (TPSA) is 65.0 Å². The van der Waals surface area contributed by atoms with Crippen LogP contribution in [0.15, 0.2) is 0 Å². The summed E-state index contributed by atoms with van der Waals surface area (Å²) in [5.41, 5.74) is -0.493. The standard InChI is InChI=1S/C15H28O5/c1-5-7-9-15(10-8-6-2)11-12(13(16)18-4)14(3,17)19-20-15/h12,17H,5-11H2,1-4H3/t12-,14-/m0/s1. The minimum atomic E-state index is -1.63. The van der Waals surface area contributed by atoms with E-state index in [1.54, 1.807) is 0 Å². The number of aliphatic hydroxyl groups is 1. The second-order valence-corrected chi connectivity index (χ2v) is 5.89. The Kier molecular flexibility index (Phi) is 6.43. The van der Waals surface area contributed by atoms with Crippen LogP contribution in [0.1, 0.15) is 65.7 Å². The highest BCUT2D eigenvalue weighted by Crippen LogP contribution is 2.42. The predicted octanol–water partition coefficient (Wildman–Crippen LogP) is 2.96. The van der Waals surface area contributed by atoms with Crippen molar-refractivity contribution in [2.24, 2.45) is 5.92 Å². The molecule has 20 heavy (non-hydrogen) atoms. The Morgan fingerprint density at radius 2 is 1.80 bits per heavy atom. The summed E-state index contributed by atoms with van der Waals surface area (Å²) in [5.74, 6) is -2.79. The SMILES string of the molecule is CCCCC1(CCCC)C[C@@H](C(=O)OC)[C@@](C)(O)OO1. The number of carbonyl (C=O) groups excluding carboxylic acids is 1. The van der Waals surface area contributed by atoms with Crippen molar-refractivity contribution in [3.63, 3.8) is 0 Å². The zero-order valence-electron chi connectivity index (χ0n) is 13.1. The van der Waals surface area contributed by atoms with Crippen LogP contribution < -0.4 is 0 Å². The van der Waals surface area contributed by atoms with Crippen molar-refractivity contribution >= 4 is 5.97 Å². The molecule has 1 aliphatic heterocycles. The lowest BCUT2D eigenvalue weighted by Gasteiger charge is -2.45. The van der Waals surface area contributed by atoms with Crippen molar-refractivity contribution in [1.29, 1.82) is 0 Å². The van der Waals surface area contributed by atoms with E-state index < -0.39 is 23.3 Å². The predicted molar refractivity (Wildman–Crippen MR) is 74.7 cm³/mol. The molecular weight excluding hydrogens is 260 g/mol. The van der Waals surface area contributed by atoms with Crippen LogP contribution >= 0.6 is 0 Å². The van der Waals surface area contributed by atoms with Gasteiger partial charge in [-0.05, 0) is 26.2 Å². The molecule has 0 bridgehead atoms. The third-order valence-electron chi connectivity index (χ3n) is 4.07. The van der Waals surface area contributed by atoms with E-state index >= 15 is 0 Å². The van der Waals surface area contributed by atoms with Gasteiger partial charge in [0.25, 0.3) is 0 Å². The molecule has 1 aliphatic rings. The van der Waals surface area contributed by atoms with Crippen LogP contribution in [-0.2, 0) is 19.3 Å². The summed E-state index contributed by atoms with van der Waals surface area (Å²) >= 11 is 0. The van der Waals surface area contributed by atoms with Crippen LogP contribution in [0.5, 0.6) is 0 Å². The fourth-order valence-corrected chi connectivity index (χ4v) is 2.68. The molecule has 0 amide bonds. The molecule has 0 saturated carbocycles. The Labute approximate surface area is 121 Å². The molecule has 1 rings (SSSR count). The number of hydrogen-bond acceptors (Lipinski definition) is 5. The van der Waals surface area contributed by atoms with E-state index in [1.165, 1.54) is 14.0 Å². The highest BCUT2D eigenvalue weighted by Gasteiger charge is 2.52. The summed E-state index contributed by atoms with van der Waals surface area (Å²) in [6.07, 6.45) is 6.20. The number of methoxy groups -OCH3 is 1. The van der Waals surface area contributed by atoms with Crippen molar-refractivity contribution in [3.8, 4) is 0 Å². The van der Waals surface area contributed by atoms with Crippen LogP contribution in [0.2, 0.25) is 0 Å². The normalized spacial score (nSPS) is 29.1. The summed E-state index contributed by atoms with van der Waals surface area (Å²) in [6, 6.07) is 0. The summed E-state index contributed by atoms with van der Waals surface area (Å²) in [4.78, 5) is 22.6. The first-order valence-corrected chi connectivity index (χ1v) is 7.58. The Balaban J connectivity index is 2.87. The van der Waals surface area contributed by atoms with Crippen molar-refractivity contribution in [2.45, 2.75) is 77.1 Å². The smallest absolute Gasteiger partial charge is 0.314 e. The molecule has 0 aliphatic carbocycles. The molecule has 5 nitrogen and oxygen atoms in total. The molecule has 1 N–H and O–H groups in total. The van der Waals surface area contributed by atoms with Gasteiger partial charge in [-0.2, -0.15) is 0 Å². The van der Waals surface area contributed by atoms with Gasteiger partial charge >= 0.3 is 5.97 Å². The molecule has 0 aromatic rings. The molecule has 0 aromatic heterocycles. The minimum absolute atomic E-state index is 0.437. The second-order valence-electron chi connectivity index (χ2n) is 5.89. The fraction of sp³-hybridized carbons (Fsp3) is 0.933. The summed E-state index contributed by atoms with van der Waals surface area (Å²) in [5, 5.41) is 10.2. The number of unbranched alkanes of at least 4 members (excludes halogenated alkanes) is 2.